The van der Waals surface area contributed by atoms with Crippen LogP contribution in [0.5, 0.6) is 0 Å². The summed E-state index contributed by atoms with van der Waals surface area (Å²) < 4.78 is 27.0. The molecule has 0 aromatic heterocycles. The zero-order valence-electron chi connectivity index (χ0n) is 7.60. The van der Waals surface area contributed by atoms with Crippen LogP contribution >= 0.6 is 0 Å². The topological polar surface area (TPSA) is 43.4 Å². The Morgan fingerprint density at radius 2 is 1.77 bits per heavy atom. The van der Waals surface area contributed by atoms with Gasteiger partial charge in [0.2, 0.25) is 0 Å². The molecule has 0 aliphatic rings. The summed E-state index contributed by atoms with van der Waals surface area (Å²) in [6.45, 7) is 1.61. The van der Waals surface area contributed by atoms with E-state index in [4.69, 9.17) is 0 Å². The first-order chi connectivity index (χ1) is 6.08. The largest absolute Gasteiger partial charge is 0.273 e. The molecule has 1 aromatic rings. The minimum atomic E-state index is -3.45. The molecule has 0 N–H and O–H groups in total. The molecule has 13 heavy (non-hydrogen) atoms. The van der Waals surface area contributed by atoms with Gasteiger partial charge in [-0.15, -0.1) is 0 Å². The molecule has 0 radical (unpaired) electrons. The van der Waals surface area contributed by atoms with E-state index in [1.165, 1.54) is 7.11 Å². The summed E-state index contributed by atoms with van der Waals surface area (Å²) in [6, 6.07) is 8.98. The van der Waals surface area contributed by atoms with Crippen LogP contribution in [0.15, 0.2) is 30.3 Å². The molecule has 3 nitrogen and oxygen atoms in total. The molecule has 0 aliphatic heterocycles. The average Bonchev–Trinajstić information content (AvgIpc) is 2.18. The van der Waals surface area contributed by atoms with Crippen molar-refractivity contribution in [2.45, 2.75) is 12.2 Å². The summed E-state index contributed by atoms with van der Waals surface area (Å²) in [5.41, 5.74) is 0.740. The molecule has 0 aliphatic carbocycles. The molecule has 0 fully saturated rings. The van der Waals surface area contributed by atoms with E-state index in [-0.39, 0.29) is 0 Å². The second kappa shape index (κ2) is 3.89. The molecule has 0 amide bonds. The van der Waals surface area contributed by atoms with E-state index in [0.717, 1.165) is 5.56 Å². The van der Waals surface area contributed by atoms with Crippen molar-refractivity contribution < 1.29 is 12.6 Å². The van der Waals surface area contributed by atoms with Crippen LogP contribution in [0.2, 0.25) is 0 Å². The minimum absolute atomic E-state index is 0.612. The molecular weight excluding hydrogens is 188 g/mol. The van der Waals surface area contributed by atoms with Crippen molar-refractivity contribution >= 4 is 10.1 Å². The lowest BCUT2D eigenvalue weighted by Crippen LogP contribution is -2.11. The van der Waals surface area contributed by atoms with Crippen LogP contribution < -0.4 is 0 Å². The van der Waals surface area contributed by atoms with Crippen LogP contribution in [-0.2, 0) is 14.3 Å². The van der Waals surface area contributed by atoms with Gasteiger partial charge in [0.15, 0.2) is 0 Å². The Balaban J connectivity index is 2.99. The third kappa shape index (κ3) is 2.29. The SMILES string of the molecule is COS(=O)(=O)[C@H](C)c1ccccc1. The fraction of sp³-hybridized carbons (Fsp3) is 0.333. The minimum Gasteiger partial charge on any atom is -0.273 e. The highest BCUT2D eigenvalue weighted by molar-refractivity contribution is 7.86. The zero-order valence-corrected chi connectivity index (χ0v) is 8.41. The number of rotatable bonds is 3. The van der Waals surface area contributed by atoms with Gasteiger partial charge in [0, 0.05) is 0 Å². The lowest BCUT2D eigenvalue weighted by molar-refractivity contribution is 0.390. The summed E-state index contributed by atoms with van der Waals surface area (Å²) in [4.78, 5) is 0. The number of hydrogen-bond donors (Lipinski definition) is 0. The van der Waals surface area contributed by atoms with Gasteiger partial charge < -0.3 is 0 Å². The van der Waals surface area contributed by atoms with Gasteiger partial charge in [-0.1, -0.05) is 30.3 Å². The van der Waals surface area contributed by atoms with Crippen LogP contribution in [0.3, 0.4) is 0 Å². The highest BCUT2D eigenvalue weighted by Gasteiger charge is 2.21. The molecule has 0 unspecified atom stereocenters. The molecular formula is C9H12O3S. The Hall–Kier alpha value is -0.870. The summed E-state index contributed by atoms with van der Waals surface area (Å²) in [5.74, 6) is 0. The second-order valence-electron chi connectivity index (χ2n) is 2.71. The Labute approximate surface area is 78.5 Å². The monoisotopic (exact) mass is 200 g/mol. The Bertz CT molecular complexity index is 356. The van der Waals surface area contributed by atoms with Crippen molar-refractivity contribution in [2.75, 3.05) is 7.11 Å². The molecule has 0 spiro atoms. The standard InChI is InChI=1S/C9H12O3S/c1-8(13(10,11)12-2)9-6-4-3-5-7-9/h3-8H,1-2H3/t8-/m1/s1. The van der Waals surface area contributed by atoms with Gasteiger partial charge in [-0.2, -0.15) is 8.42 Å². The maximum absolute atomic E-state index is 11.3. The maximum atomic E-state index is 11.3. The zero-order chi connectivity index (χ0) is 9.90. The van der Waals surface area contributed by atoms with Crippen LogP contribution in [0.25, 0.3) is 0 Å². The van der Waals surface area contributed by atoms with Gasteiger partial charge in [-0.25, -0.2) is 0 Å². The predicted octanol–water partition coefficient (Wildman–Crippen LogP) is 1.72. The number of benzene rings is 1. The summed E-state index contributed by atoms with van der Waals surface area (Å²) in [7, 11) is -2.28. The maximum Gasteiger partial charge on any atom is 0.273 e. The van der Waals surface area contributed by atoms with Crippen LogP contribution in [0, 0.1) is 0 Å². The summed E-state index contributed by atoms with van der Waals surface area (Å²) in [5, 5.41) is -0.612. The molecule has 0 bridgehead atoms. The quantitative estimate of drug-likeness (QED) is 0.698. The Morgan fingerprint density at radius 3 is 2.23 bits per heavy atom. The van der Waals surface area contributed by atoms with E-state index in [1.807, 2.05) is 6.07 Å². The molecule has 1 atom stereocenters. The highest BCUT2D eigenvalue weighted by Crippen LogP contribution is 2.21. The van der Waals surface area contributed by atoms with Crippen molar-refractivity contribution in [3.63, 3.8) is 0 Å². The van der Waals surface area contributed by atoms with Crippen LogP contribution in [-0.4, -0.2) is 15.5 Å². The fourth-order valence-electron chi connectivity index (χ4n) is 1.04. The summed E-state index contributed by atoms with van der Waals surface area (Å²) >= 11 is 0. The normalized spacial score (nSPS) is 14.0. The molecule has 0 heterocycles. The van der Waals surface area contributed by atoms with E-state index in [2.05, 4.69) is 4.18 Å². The number of hydrogen-bond acceptors (Lipinski definition) is 3. The van der Waals surface area contributed by atoms with Gasteiger partial charge in [-0.05, 0) is 12.5 Å². The van der Waals surface area contributed by atoms with Crippen molar-refractivity contribution in [1.82, 2.24) is 0 Å². The van der Waals surface area contributed by atoms with Gasteiger partial charge in [-0.3, -0.25) is 4.18 Å². The smallest absolute Gasteiger partial charge is 0.273 e. The molecule has 0 saturated carbocycles. The molecule has 1 rings (SSSR count). The molecule has 0 saturated heterocycles. The van der Waals surface area contributed by atoms with E-state index in [0.29, 0.717) is 0 Å². The fourth-order valence-corrected chi connectivity index (χ4v) is 1.81. The predicted molar refractivity (Wildman–Crippen MR) is 50.8 cm³/mol. The van der Waals surface area contributed by atoms with E-state index < -0.39 is 15.4 Å². The third-order valence-electron chi connectivity index (χ3n) is 1.93. The van der Waals surface area contributed by atoms with E-state index in [1.54, 1.807) is 31.2 Å². The van der Waals surface area contributed by atoms with Crippen molar-refractivity contribution in [1.29, 1.82) is 0 Å². The summed E-state index contributed by atoms with van der Waals surface area (Å²) in [6.07, 6.45) is 0. The third-order valence-corrected chi connectivity index (χ3v) is 3.54. The second-order valence-corrected chi connectivity index (χ2v) is 4.74. The molecule has 72 valence electrons. The molecule has 1 aromatic carbocycles. The van der Waals surface area contributed by atoms with Gasteiger partial charge in [0.05, 0.1) is 7.11 Å². The van der Waals surface area contributed by atoms with E-state index >= 15 is 0 Å². The van der Waals surface area contributed by atoms with E-state index in [9.17, 15) is 8.42 Å². The van der Waals surface area contributed by atoms with Crippen molar-refractivity contribution in [3.05, 3.63) is 35.9 Å². The average molecular weight is 200 g/mol. The Morgan fingerprint density at radius 1 is 1.23 bits per heavy atom. The van der Waals surface area contributed by atoms with Gasteiger partial charge >= 0.3 is 0 Å². The first-order valence-electron chi connectivity index (χ1n) is 3.92. The lowest BCUT2D eigenvalue weighted by atomic mass is 10.2. The first-order valence-corrected chi connectivity index (χ1v) is 5.39. The Kier molecular flexibility index (Phi) is 3.06. The lowest BCUT2D eigenvalue weighted by Gasteiger charge is -2.10. The first kappa shape index (κ1) is 10.2. The van der Waals surface area contributed by atoms with Crippen molar-refractivity contribution in [3.8, 4) is 0 Å². The van der Waals surface area contributed by atoms with Crippen molar-refractivity contribution in [2.24, 2.45) is 0 Å². The van der Waals surface area contributed by atoms with Crippen LogP contribution in [0.4, 0.5) is 0 Å². The highest BCUT2D eigenvalue weighted by atomic mass is 32.2. The molecule has 4 heteroatoms. The van der Waals surface area contributed by atoms with Gasteiger partial charge in [0.1, 0.15) is 5.25 Å². The van der Waals surface area contributed by atoms with Gasteiger partial charge in [0.25, 0.3) is 10.1 Å². The van der Waals surface area contributed by atoms with Crippen LogP contribution in [0.1, 0.15) is 17.7 Å².